The van der Waals surface area contributed by atoms with Gasteiger partial charge in [-0.05, 0) is 13.0 Å². The Kier molecular flexibility index (Phi) is 4.29. The third-order valence-corrected chi connectivity index (χ3v) is 2.50. The van der Waals surface area contributed by atoms with Crippen molar-refractivity contribution < 1.29 is 19.4 Å². The molecule has 0 radical (unpaired) electrons. The van der Waals surface area contributed by atoms with Gasteiger partial charge in [-0.25, -0.2) is 4.79 Å². The summed E-state index contributed by atoms with van der Waals surface area (Å²) in [4.78, 5) is 26.0. The van der Waals surface area contributed by atoms with Crippen molar-refractivity contribution in [2.45, 2.75) is 33.8 Å². The summed E-state index contributed by atoms with van der Waals surface area (Å²) < 4.78 is 4.81. The molecule has 0 bridgehead atoms. The van der Waals surface area contributed by atoms with Crippen LogP contribution in [-0.4, -0.2) is 28.4 Å². The molecule has 1 aromatic heterocycles. The first-order chi connectivity index (χ1) is 8.27. The van der Waals surface area contributed by atoms with Crippen LogP contribution in [0, 0.1) is 5.41 Å². The number of hydrogen-bond donors (Lipinski definition) is 2. The molecule has 1 heterocycles. The van der Waals surface area contributed by atoms with Gasteiger partial charge in [0.15, 0.2) is 5.78 Å². The van der Waals surface area contributed by atoms with E-state index in [1.165, 1.54) is 12.3 Å². The van der Waals surface area contributed by atoms with Gasteiger partial charge in [-0.2, -0.15) is 0 Å². The SMILES string of the molecule is CCOC(=O)c1cc(C(O)C(=O)C(C)(C)C)c[nH]1. The molecule has 5 heteroatoms. The zero-order valence-corrected chi connectivity index (χ0v) is 11.1. The second-order valence-corrected chi connectivity index (χ2v) is 5.08. The van der Waals surface area contributed by atoms with Crippen LogP contribution in [-0.2, 0) is 9.53 Å². The molecule has 0 saturated carbocycles. The highest BCUT2D eigenvalue weighted by Gasteiger charge is 2.30. The average Bonchev–Trinajstić information content (AvgIpc) is 2.75. The number of carbonyl (C=O) groups is 2. The monoisotopic (exact) mass is 253 g/mol. The number of aliphatic hydroxyl groups excluding tert-OH is 1. The molecule has 2 N–H and O–H groups in total. The fourth-order valence-electron chi connectivity index (χ4n) is 1.46. The van der Waals surface area contributed by atoms with Gasteiger partial charge in [-0.1, -0.05) is 20.8 Å². The summed E-state index contributed by atoms with van der Waals surface area (Å²) in [5.41, 5.74) is -0.0357. The molecule has 0 aliphatic heterocycles. The van der Waals surface area contributed by atoms with Crippen LogP contribution >= 0.6 is 0 Å². The second kappa shape index (κ2) is 5.35. The number of aliphatic hydroxyl groups is 1. The minimum Gasteiger partial charge on any atom is -0.461 e. The van der Waals surface area contributed by atoms with Crippen LogP contribution in [0.25, 0.3) is 0 Å². The molecule has 100 valence electrons. The van der Waals surface area contributed by atoms with E-state index in [0.29, 0.717) is 5.56 Å². The molecule has 18 heavy (non-hydrogen) atoms. The largest absolute Gasteiger partial charge is 0.461 e. The predicted octanol–water partition coefficient (Wildman–Crippen LogP) is 1.84. The minimum atomic E-state index is -1.23. The van der Waals surface area contributed by atoms with E-state index >= 15 is 0 Å². The molecule has 0 fully saturated rings. The Hall–Kier alpha value is -1.62. The maximum Gasteiger partial charge on any atom is 0.354 e. The maximum absolute atomic E-state index is 11.9. The number of rotatable bonds is 4. The van der Waals surface area contributed by atoms with E-state index in [1.807, 2.05) is 0 Å². The van der Waals surface area contributed by atoms with Crippen molar-refractivity contribution in [3.63, 3.8) is 0 Å². The van der Waals surface area contributed by atoms with Crippen LogP contribution in [0.2, 0.25) is 0 Å². The molecule has 5 nitrogen and oxygen atoms in total. The first-order valence-corrected chi connectivity index (χ1v) is 5.85. The van der Waals surface area contributed by atoms with E-state index in [9.17, 15) is 14.7 Å². The first-order valence-electron chi connectivity index (χ1n) is 5.85. The summed E-state index contributed by atoms with van der Waals surface area (Å²) >= 11 is 0. The highest BCUT2D eigenvalue weighted by Crippen LogP contribution is 2.26. The standard InChI is InChI=1S/C13H19NO4/c1-5-18-12(17)9-6-8(7-14-9)10(15)11(16)13(2,3)4/h6-7,10,14-15H,5H2,1-4H3. The third kappa shape index (κ3) is 3.20. The summed E-state index contributed by atoms with van der Waals surface area (Å²) in [6.45, 7) is 7.18. The fourth-order valence-corrected chi connectivity index (χ4v) is 1.46. The summed E-state index contributed by atoms with van der Waals surface area (Å²) in [5.74, 6) is -0.795. The summed E-state index contributed by atoms with van der Waals surface area (Å²) in [5, 5.41) is 9.93. The Morgan fingerprint density at radius 3 is 2.56 bits per heavy atom. The van der Waals surface area contributed by atoms with Crippen LogP contribution in [0.4, 0.5) is 0 Å². The number of esters is 1. The molecular weight excluding hydrogens is 234 g/mol. The molecule has 0 aliphatic rings. The van der Waals surface area contributed by atoms with Gasteiger partial charge in [0.2, 0.25) is 0 Å². The van der Waals surface area contributed by atoms with Crippen molar-refractivity contribution in [3.05, 3.63) is 23.5 Å². The number of ether oxygens (including phenoxy) is 1. The van der Waals surface area contributed by atoms with Gasteiger partial charge < -0.3 is 14.8 Å². The van der Waals surface area contributed by atoms with E-state index in [4.69, 9.17) is 4.74 Å². The molecule has 0 spiro atoms. The van der Waals surface area contributed by atoms with Crippen LogP contribution in [0.15, 0.2) is 12.3 Å². The van der Waals surface area contributed by atoms with E-state index in [0.717, 1.165) is 0 Å². The molecule has 1 aromatic rings. The van der Waals surface area contributed by atoms with Crippen molar-refractivity contribution in [2.75, 3.05) is 6.61 Å². The smallest absolute Gasteiger partial charge is 0.354 e. The lowest BCUT2D eigenvalue weighted by atomic mass is 9.86. The number of aromatic nitrogens is 1. The highest BCUT2D eigenvalue weighted by molar-refractivity contribution is 5.91. The van der Waals surface area contributed by atoms with Gasteiger partial charge in [-0.15, -0.1) is 0 Å². The molecular formula is C13H19NO4. The van der Waals surface area contributed by atoms with Crippen LogP contribution < -0.4 is 0 Å². The first kappa shape index (κ1) is 14.4. The third-order valence-electron chi connectivity index (χ3n) is 2.50. The Morgan fingerprint density at radius 1 is 1.44 bits per heavy atom. The quantitative estimate of drug-likeness (QED) is 0.802. The average molecular weight is 253 g/mol. The van der Waals surface area contributed by atoms with E-state index in [1.54, 1.807) is 27.7 Å². The summed E-state index contributed by atoms with van der Waals surface area (Å²) in [7, 11) is 0. The van der Waals surface area contributed by atoms with Crippen LogP contribution in [0.3, 0.4) is 0 Å². The molecule has 0 saturated heterocycles. The number of nitrogens with one attached hydrogen (secondary N) is 1. The number of aromatic amines is 1. The molecule has 1 unspecified atom stereocenters. The lowest BCUT2D eigenvalue weighted by Gasteiger charge is -2.20. The predicted molar refractivity (Wildman–Crippen MR) is 66.2 cm³/mol. The van der Waals surface area contributed by atoms with Gasteiger partial charge in [0, 0.05) is 17.2 Å². The van der Waals surface area contributed by atoms with Crippen molar-refractivity contribution in [1.29, 1.82) is 0 Å². The van der Waals surface area contributed by atoms with Crippen molar-refractivity contribution in [1.82, 2.24) is 4.98 Å². The zero-order chi connectivity index (χ0) is 13.9. The Labute approximate surface area is 106 Å². The van der Waals surface area contributed by atoms with Crippen molar-refractivity contribution in [3.8, 4) is 0 Å². The van der Waals surface area contributed by atoms with Crippen LogP contribution in [0.1, 0.15) is 49.9 Å². The summed E-state index contributed by atoms with van der Waals surface area (Å²) in [6, 6.07) is 1.44. The molecule has 1 rings (SSSR count). The zero-order valence-electron chi connectivity index (χ0n) is 11.1. The van der Waals surface area contributed by atoms with E-state index in [2.05, 4.69) is 4.98 Å². The molecule has 0 amide bonds. The number of Topliss-reactive ketones (excluding diaryl/α,β-unsaturated/α-hetero) is 1. The molecule has 0 aliphatic carbocycles. The van der Waals surface area contributed by atoms with E-state index < -0.39 is 17.5 Å². The number of ketones is 1. The highest BCUT2D eigenvalue weighted by atomic mass is 16.5. The van der Waals surface area contributed by atoms with Gasteiger partial charge in [0.1, 0.15) is 11.8 Å². The van der Waals surface area contributed by atoms with Crippen LogP contribution in [0.5, 0.6) is 0 Å². The van der Waals surface area contributed by atoms with Gasteiger partial charge in [0.05, 0.1) is 6.61 Å². The number of carbonyl (C=O) groups excluding carboxylic acids is 2. The Morgan fingerprint density at radius 2 is 2.06 bits per heavy atom. The maximum atomic E-state index is 11.9. The molecule has 1 atom stereocenters. The van der Waals surface area contributed by atoms with Crippen molar-refractivity contribution >= 4 is 11.8 Å². The second-order valence-electron chi connectivity index (χ2n) is 5.08. The Bertz CT molecular complexity index is 442. The van der Waals surface area contributed by atoms with Gasteiger partial charge in [0.25, 0.3) is 0 Å². The van der Waals surface area contributed by atoms with Crippen molar-refractivity contribution in [2.24, 2.45) is 5.41 Å². The number of hydrogen-bond acceptors (Lipinski definition) is 4. The minimum absolute atomic E-state index is 0.229. The number of H-pyrrole nitrogens is 1. The Balaban J connectivity index is 2.86. The van der Waals surface area contributed by atoms with E-state index in [-0.39, 0.29) is 18.1 Å². The summed E-state index contributed by atoms with van der Waals surface area (Å²) in [6.07, 6.45) is 0.213. The van der Waals surface area contributed by atoms with Gasteiger partial charge >= 0.3 is 5.97 Å². The lowest BCUT2D eigenvalue weighted by Crippen LogP contribution is -2.26. The fraction of sp³-hybridized carbons (Fsp3) is 0.538. The van der Waals surface area contributed by atoms with Gasteiger partial charge in [-0.3, -0.25) is 4.79 Å². The molecule has 0 aromatic carbocycles. The lowest BCUT2D eigenvalue weighted by molar-refractivity contribution is -0.135. The normalized spacial score (nSPS) is 13.2. The topological polar surface area (TPSA) is 79.4 Å².